The SMILES string of the molecule is CC1CC=CC=C1COC(=O)C(CC(F)(F)F)NC(=O)OC(C)(C)C. The third-order valence-electron chi connectivity index (χ3n) is 3.36. The molecule has 0 bridgehead atoms. The second-order valence-electron chi connectivity index (χ2n) is 6.93. The fourth-order valence-corrected chi connectivity index (χ4v) is 2.11. The zero-order chi connectivity index (χ0) is 19.3. The molecule has 0 aromatic heterocycles. The van der Waals surface area contributed by atoms with Gasteiger partial charge in [-0.15, -0.1) is 0 Å². The molecule has 0 saturated heterocycles. The first-order chi connectivity index (χ1) is 11.4. The summed E-state index contributed by atoms with van der Waals surface area (Å²) >= 11 is 0. The lowest BCUT2D eigenvalue weighted by Gasteiger charge is -2.24. The van der Waals surface area contributed by atoms with Gasteiger partial charge >= 0.3 is 18.2 Å². The Balaban J connectivity index is 2.70. The molecule has 1 amide bonds. The zero-order valence-electron chi connectivity index (χ0n) is 14.8. The predicted molar refractivity (Wildman–Crippen MR) is 85.8 cm³/mol. The number of ether oxygens (including phenoxy) is 2. The highest BCUT2D eigenvalue weighted by atomic mass is 19.4. The Labute approximate surface area is 145 Å². The Morgan fingerprint density at radius 1 is 1.32 bits per heavy atom. The van der Waals surface area contributed by atoms with Crippen LogP contribution in [0.2, 0.25) is 0 Å². The van der Waals surface area contributed by atoms with Crippen molar-refractivity contribution in [2.24, 2.45) is 5.92 Å². The Morgan fingerprint density at radius 3 is 2.48 bits per heavy atom. The number of allylic oxidation sites excluding steroid dienone is 3. The van der Waals surface area contributed by atoms with Crippen LogP contribution < -0.4 is 5.32 Å². The van der Waals surface area contributed by atoms with E-state index in [2.05, 4.69) is 0 Å². The molecule has 1 aliphatic rings. The molecule has 1 rings (SSSR count). The number of esters is 1. The van der Waals surface area contributed by atoms with Crippen LogP contribution in [0.3, 0.4) is 0 Å². The summed E-state index contributed by atoms with van der Waals surface area (Å²) in [6, 6.07) is -1.86. The van der Waals surface area contributed by atoms with Crippen LogP contribution in [0.15, 0.2) is 23.8 Å². The van der Waals surface area contributed by atoms with Crippen molar-refractivity contribution >= 4 is 12.1 Å². The highest BCUT2D eigenvalue weighted by Gasteiger charge is 2.38. The summed E-state index contributed by atoms with van der Waals surface area (Å²) in [5.74, 6) is -1.01. The summed E-state index contributed by atoms with van der Waals surface area (Å²) in [5, 5.41) is 1.94. The number of alkyl halides is 3. The number of amides is 1. The molecule has 0 fully saturated rings. The normalized spacial score (nSPS) is 19.0. The zero-order valence-corrected chi connectivity index (χ0v) is 14.8. The molecule has 8 heteroatoms. The topological polar surface area (TPSA) is 64.6 Å². The van der Waals surface area contributed by atoms with Crippen molar-refractivity contribution in [1.82, 2.24) is 5.32 Å². The maximum absolute atomic E-state index is 12.7. The second kappa shape index (κ2) is 8.40. The number of hydrogen-bond donors (Lipinski definition) is 1. The van der Waals surface area contributed by atoms with Crippen LogP contribution >= 0.6 is 0 Å². The minimum atomic E-state index is -4.64. The molecule has 0 aromatic carbocycles. The van der Waals surface area contributed by atoms with Crippen LogP contribution in [-0.4, -0.2) is 36.5 Å². The second-order valence-corrected chi connectivity index (χ2v) is 6.93. The lowest BCUT2D eigenvalue weighted by molar-refractivity contribution is -0.161. The molecule has 2 atom stereocenters. The number of rotatable bonds is 5. The van der Waals surface area contributed by atoms with Gasteiger partial charge in [0.25, 0.3) is 0 Å². The van der Waals surface area contributed by atoms with Crippen LogP contribution in [0, 0.1) is 5.92 Å². The molecule has 0 aliphatic heterocycles. The van der Waals surface area contributed by atoms with Gasteiger partial charge in [-0.1, -0.05) is 25.2 Å². The van der Waals surface area contributed by atoms with E-state index in [-0.39, 0.29) is 12.5 Å². The van der Waals surface area contributed by atoms with Crippen molar-refractivity contribution in [2.75, 3.05) is 6.61 Å². The number of nitrogens with one attached hydrogen (secondary N) is 1. The number of carbonyl (C=O) groups is 2. The third kappa shape index (κ3) is 8.60. The van der Waals surface area contributed by atoms with Gasteiger partial charge in [0.05, 0.1) is 6.42 Å². The highest BCUT2D eigenvalue weighted by Crippen LogP contribution is 2.24. The standard InChI is InChI=1S/C17H24F3NO4/c1-11-7-5-6-8-12(11)10-24-14(22)13(9-17(18,19)20)21-15(23)25-16(2,3)4/h5-6,8,11,13H,7,9-10H2,1-4H3,(H,21,23). The number of hydrogen-bond acceptors (Lipinski definition) is 4. The third-order valence-corrected chi connectivity index (χ3v) is 3.36. The van der Waals surface area contributed by atoms with Crippen LogP contribution in [0.1, 0.15) is 40.5 Å². The lowest BCUT2D eigenvalue weighted by Crippen LogP contribution is -2.46. The van der Waals surface area contributed by atoms with Crippen LogP contribution in [0.4, 0.5) is 18.0 Å². The number of alkyl carbamates (subject to hydrolysis) is 1. The Bertz CT molecular complexity index is 547. The fourth-order valence-electron chi connectivity index (χ4n) is 2.11. The van der Waals surface area contributed by atoms with E-state index in [4.69, 9.17) is 9.47 Å². The summed E-state index contributed by atoms with van der Waals surface area (Å²) in [6.07, 6.45) is -0.986. The molecular formula is C17H24F3NO4. The molecule has 1 N–H and O–H groups in total. The lowest BCUT2D eigenvalue weighted by atomic mass is 9.94. The van der Waals surface area contributed by atoms with Crippen LogP contribution in [0.5, 0.6) is 0 Å². The van der Waals surface area contributed by atoms with Crippen molar-refractivity contribution in [3.8, 4) is 0 Å². The van der Waals surface area contributed by atoms with Gasteiger partial charge in [-0.2, -0.15) is 13.2 Å². The van der Waals surface area contributed by atoms with Crippen LogP contribution in [-0.2, 0) is 14.3 Å². The van der Waals surface area contributed by atoms with E-state index < -0.39 is 36.3 Å². The van der Waals surface area contributed by atoms with Gasteiger partial charge in [0, 0.05) is 0 Å². The summed E-state index contributed by atoms with van der Waals surface area (Å²) < 4.78 is 48.0. The quantitative estimate of drug-likeness (QED) is 0.753. The molecule has 0 aromatic rings. The summed E-state index contributed by atoms with van der Waals surface area (Å²) in [5.41, 5.74) is -0.0929. The van der Waals surface area contributed by atoms with Gasteiger partial charge in [0.15, 0.2) is 0 Å². The molecule has 0 saturated carbocycles. The molecule has 0 radical (unpaired) electrons. The van der Waals surface area contributed by atoms with E-state index >= 15 is 0 Å². The maximum atomic E-state index is 12.7. The number of halogens is 3. The van der Waals surface area contributed by atoms with Crippen LogP contribution in [0.25, 0.3) is 0 Å². The van der Waals surface area contributed by atoms with Crippen molar-refractivity contribution in [3.05, 3.63) is 23.8 Å². The highest BCUT2D eigenvalue weighted by molar-refractivity contribution is 5.81. The van der Waals surface area contributed by atoms with Crippen molar-refractivity contribution in [3.63, 3.8) is 0 Å². The monoisotopic (exact) mass is 363 g/mol. The largest absolute Gasteiger partial charge is 0.460 e. The van der Waals surface area contributed by atoms with E-state index in [9.17, 15) is 22.8 Å². The molecule has 5 nitrogen and oxygen atoms in total. The van der Waals surface area contributed by atoms with Gasteiger partial charge in [-0.3, -0.25) is 0 Å². The van der Waals surface area contributed by atoms with Gasteiger partial charge < -0.3 is 14.8 Å². The summed E-state index contributed by atoms with van der Waals surface area (Å²) in [7, 11) is 0. The average Bonchev–Trinajstić information content (AvgIpc) is 2.42. The molecule has 142 valence electrons. The van der Waals surface area contributed by atoms with E-state index in [0.717, 1.165) is 12.0 Å². The van der Waals surface area contributed by atoms with Gasteiger partial charge in [-0.05, 0) is 38.7 Å². The Morgan fingerprint density at radius 2 is 1.96 bits per heavy atom. The molecular weight excluding hydrogens is 339 g/mol. The van der Waals surface area contributed by atoms with E-state index in [1.165, 1.54) is 0 Å². The fraction of sp³-hybridized carbons (Fsp3) is 0.647. The van der Waals surface area contributed by atoms with Gasteiger partial charge in [0.2, 0.25) is 0 Å². The van der Waals surface area contributed by atoms with E-state index in [1.807, 2.05) is 18.3 Å². The summed E-state index contributed by atoms with van der Waals surface area (Å²) in [6.45, 7) is 6.50. The summed E-state index contributed by atoms with van der Waals surface area (Å²) in [4.78, 5) is 23.7. The van der Waals surface area contributed by atoms with E-state index in [1.54, 1.807) is 32.9 Å². The van der Waals surface area contributed by atoms with Gasteiger partial charge in [0.1, 0.15) is 18.2 Å². The molecule has 25 heavy (non-hydrogen) atoms. The number of carbonyl (C=O) groups excluding carboxylic acids is 2. The molecule has 0 spiro atoms. The Hall–Kier alpha value is -1.99. The minimum Gasteiger partial charge on any atom is -0.460 e. The predicted octanol–water partition coefficient (Wildman–Crippen LogP) is 3.90. The van der Waals surface area contributed by atoms with E-state index in [0.29, 0.717) is 0 Å². The van der Waals surface area contributed by atoms with Crippen molar-refractivity contribution in [1.29, 1.82) is 0 Å². The Kier molecular flexibility index (Phi) is 7.07. The molecule has 1 aliphatic carbocycles. The molecule has 2 unspecified atom stereocenters. The van der Waals surface area contributed by atoms with Crippen molar-refractivity contribution in [2.45, 2.75) is 58.4 Å². The minimum absolute atomic E-state index is 0.116. The first-order valence-electron chi connectivity index (χ1n) is 7.96. The molecule has 0 heterocycles. The first kappa shape index (κ1) is 21.1. The average molecular weight is 363 g/mol. The smallest absolute Gasteiger partial charge is 0.408 e. The van der Waals surface area contributed by atoms with Crippen molar-refractivity contribution < 1.29 is 32.2 Å². The van der Waals surface area contributed by atoms with Gasteiger partial charge in [-0.25, -0.2) is 9.59 Å². The first-order valence-corrected chi connectivity index (χ1v) is 7.96. The maximum Gasteiger partial charge on any atom is 0.408 e.